The number of aromatic nitrogens is 1. The van der Waals surface area contributed by atoms with E-state index in [9.17, 15) is 14.4 Å². The first-order valence-corrected chi connectivity index (χ1v) is 10.5. The molecule has 1 saturated carbocycles. The van der Waals surface area contributed by atoms with E-state index in [1.54, 1.807) is 34.1 Å². The van der Waals surface area contributed by atoms with E-state index in [0.717, 1.165) is 19.3 Å². The summed E-state index contributed by atoms with van der Waals surface area (Å²) in [6, 6.07) is 6.41. The van der Waals surface area contributed by atoms with Crippen molar-refractivity contribution in [1.82, 2.24) is 20.1 Å². The summed E-state index contributed by atoms with van der Waals surface area (Å²) in [5, 5.41) is 3.00. The van der Waals surface area contributed by atoms with Gasteiger partial charge in [-0.15, -0.1) is 0 Å². The minimum atomic E-state index is -0.248. The standard InChI is InChI=1S/C22H26N4O5/c1-30-19-8-7-15(14-23-19)20(27)24-17-5-2-4-16(17)21(28)25-9-11-26(12-10-25)22(29)18-6-3-13-31-18/h3,6-8,13-14,16-17H,2,4-5,9-12H2,1H3,(H,24,27)/t16-,17+/m0/s1. The highest BCUT2D eigenvalue weighted by Gasteiger charge is 2.38. The highest BCUT2D eigenvalue weighted by Crippen LogP contribution is 2.28. The van der Waals surface area contributed by atoms with Gasteiger partial charge in [0.2, 0.25) is 11.8 Å². The SMILES string of the molecule is COc1ccc(C(=O)N[C@@H]2CCC[C@@H]2C(=O)N2CCN(C(=O)c3ccco3)CC2)cn1. The van der Waals surface area contributed by atoms with Gasteiger partial charge >= 0.3 is 0 Å². The maximum absolute atomic E-state index is 13.1. The molecule has 0 aromatic carbocycles. The van der Waals surface area contributed by atoms with Gasteiger partial charge in [-0.2, -0.15) is 0 Å². The van der Waals surface area contributed by atoms with Crippen molar-refractivity contribution in [3.05, 3.63) is 48.0 Å². The second-order valence-electron chi connectivity index (χ2n) is 7.80. The summed E-state index contributed by atoms with van der Waals surface area (Å²) < 4.78 is 10.2. The third-order valence-corrected chi connectivity index (χ3v) is 5.97. The van der Waals surface area contributed by atoms with Crippen LogP contribution in [0.5, 0.6) is 5.88 Å². The second kappa shape index (κ2) is 9.20. The number of nitrogens with one attached hydrogen (secondary N) is 1. The predicted molar refractivity (Wildman–Crippen MR) is 111 cm³/mol. The molecular formula is C22H26N4O5. The maximum atomic E-state index is 13.1. The molecule has 1 aliphatic heterocycles. The molecule has 2 aromatic rings. The molecular weight excluding hydrogens is 400 g/mol. The summed E-state index contributed by atoms with van der Waals surface area (Å²) in [5.41, 5.74) is 0.434. The summed E-state index contributed by atoms with van der Waals surface area (Å²) in [7, 11) is 1.52. The van der Waals surface area contributed by atoms with Gasteiger partial charge in [0, 0.05) is 44.5 Å². The molecule has 0 bridgehead atoms. The highest BCUT2D eigenvalue weighted by molar-refractivity contribution is 5.95. The number of carbonyl (C=O) groups excluding carboxylic acids is 3. The number of rotatable bonds is 5. The smallest absolute Gasteiger partial charge is 0.289 e. The Kier molecular flexibility index (Phi) is 6.20. The molecule has 1 aliphatic carbocycles. The van der Waals surface area contributed by atoms with Crippen molar-refractivity contribution in [2.24, 2.45) is 5.92 Å². The van der Waals surface area contributed by atoms with Crippen LogP contribution in [0.15, 0.2) is 41.1 Å². The molecule has 4 rings (SSSR count). The first-order chi connectivity index (χ1) is 15.1. The molecule has 9 heteroatoms. The number of amides is 3. The quantitative estimate of drug-likeness (QED) is 0.778. The Morgan fingerprint density at radius 2 is 1.87 bits per heavy atom. The third kappa shape index (κ3) is 4.55. The summed E-state index contributed by atoms with van der Waals surface area (Å²) in [5.74, 6) is 0.148. The molecule has 31 heavy (non-hydrogen) atoms. The summed E-state index contributed by atoms with van der Waals surface area (Å²) in [4.78, 5) is 45.7. The Bertz CT molecular complexity index is 920. The number of piperazine rings is 1. The van der Waals surface area contributed by atoms with Crippen molar-refractivity contribution < 1.29 is 23.5 Å². The van der Waals surface area contributed by atoms with Crippen LogP contribution in [0.2, 0.25) is 0 Å². The molecule has 2 aliphatic rings. The number of ether oxygens (including phenoxy) is 1. The summed E-state index contributed by atoms with van der Waals surface area (Å²) >= 11 is 0. The van der Waals surface area contributed by atoms with Crippen molar-refractivity contribution in [3.8, 4) is 5.88 Å². The lowest BCUT2D eigenvalue weighted by Gasteiger charge is -2.36. The van der Waals surface area contributed by atoms with Crippen LogP contribution in [0, 0.1) is 5.92 Å². The second-order valence-corrected chi connectivity index (χ2v) is 7.80. The zero-order chi connectivity index (χ0) is 21.8. The molecule has 0 unspecified atom stereocenters. The number of hydrogen-bond donors (Lipinski definition) is 1. The molecule has 2 fully saturated rings. The number of carbonyl (C=O) groups is 3. The zero-order valence-electron chi connectivity index (χ0n) is 17.5. The van der Waals surface area contributed by atoms with E-state index in [1.165, 1.54) is 19.6 Å². The predicted octanol–water partition coefficient (Wildman–Crippen LogP) is 1.57. The molecule has 164 valence electrons. The zero-order valence-corrected chi connectivity index (χ0v) is 17.5. The largest absolute Gasteiger partial charge is 0.481 e. The van der Waals surface area contributed by atoms with Crippen molar-refractivity contribution in [3.63, 3.8) is 0 Å². The Balaban J connectivity index is 1.32. The van der Waals surface area contributed by atoms with Crippen LogP contribution in [0.25, 0.3) is 0 Å². The average Bonchev–Trinajstić information content (AvgIpc) is 3.51. The van der Waals surface area contributed by atoms with Gasteiger partial charge in [-0.3, -0.25) is 14.4 Å². The van der Waals surface area contributed by atoms with Gasteiger partial charge in [0.15, 0.2) is 5.76 Å². The molecule has 3 heterocycles. The van der Waals surface area contributed by atoms with E-state index in [-0.39, 0.29) is 29.7 Å². The van der Waals surface area contributed by atoms with Crippen molar-refractivity contribution in [2.45, 2.75) is 25.3 Å². The van der Waals surface area contributed by atoms with Crippen LogP contribution in [0.1, 0.15) is 40.2 Å². The van der Waals surface area contributed by atoms with Gasteiger partial charge in [-0.05, 0) is 31.0 Å². The van der Waals surface area contributed by atoms with Crippen LogP contribution in [0.4, 0.5) is 0 Å². The van der Waals surface area contributed by atoms with Crippen LogP contribution in [-0.4, -0.2) is 71.8 Å². The number of methoxy groups -OCH3 is 1. The third-order valence-electron chi connectivity index (χ3n) is 5.97. The molecule has 1 saturated heterocycles. The fourth-order valence-electron chi connectivity index (χ4n) is 4.24. The minimum absolute atomic E-state index is 0.0424. The summed E-state index contributed by atoms with van der Waals surface area (Å²) in [6.07, 6.45) is 5.34. The summed E-state index contributed by atoms with van der Waals surface area (Å²) in [6.45, 7) is 1.88. The first kappa shape index (κ1) is 20.9. The average molecular weight is 426 g/mol. The fourth-order valence-corrected chi connectivity index (χ4v) is 4.24. The van der Waals surface area contributed by atoms with Gasteiger partial charge in [0.25, 0.3) is 11.8 Å². The minimum Gasteiger partial charge on any atom is -0.481 e. The molecule has 0 spiro atoms. The molecule has 0 radical (unpaired) electrons. The van der Waals surface area contributed by atoms with Crippen LogP contribution < -0.4 is 10.1 Å². The Morgan fingerprint density at radius 1 is 1.10 bits per heavy atom. The number of hydrogen-bond acceptors (Lipinski definition) is 6. The van der Waals surface area contributed by atoms with E-state index in [4.69, 9.17) is 9.15 Å². The fraction of sp³-hybridized carbons (Fsp3) is 0.455. The van der Waals surface area contributed by atoms with Crippen LogP contribution in [0.3, 0.4) is 0 Å². The van der Waals surface area contributed by atoms with Gasteiger partial charge in [-0.1, -0.05) is 6.42 Å². The van der Waals surface area contributed by atoms with E-state index in [2.05, 4.69) is 10.3 Å². The van der Waals surface area contributed by atoms with E-state index in [0.29, 0.717) is 43.4 Å². The molecule has 2 atom stereocenters. The number of furan rings is 1. The lowest BCUT2D eigenvalue weighted by molar-refractivity contribution is -0.137. The topological polar surface area (TPSA) is 105 Å². The van der Waals surface area contributed by atoms with E-state index in [1.807, 2.05) is 0 Å². The van der Waals surface area contributed by atoms with Gasteiger partial charge in [0.1, 0.15) is 0 Å². The van der Waals surface area contributed by atoms with Gasteiger partial charge < -0.3 is 24.3 Å². The molecule has 3 amide bonds. The normalized spacial score (nSPS) is 21.1. The Hall–Kier alpha value is -3.36. The maximum Gasteiger partial charge on any atom is 0.289 e. The Labute approximate surface area is 180 Å². The Morgan fingerprint density at radius 3 is 2.52 bits per heavy atom. The van der Waals surface area contributed by atoms with E-state index >= 15 is 0 Å². The number of nitrogens with zero attached hydrogens (tertiary/aromatic N) is 3. The van der Waals surface area contributed by atoms with Gasteiger partial charge in [0.05, 0.1) is 24.9 Å². The molecule has 9 nitrogen and oxygen atoms in total. The highest BCUT2D eigenvalue weighted by atomic mass is 16.5. The molecule has 1 N–H and O–H groups in total. The lowest BCUT2D eigenvalue weighted by atomic mass is 10.0. The van der Waals surface area contributed by atoms with E-state index < -0.39 is 0 Å². The molecule has 2 aromatic heterocycles. The van der Waals surface area contributed by atoms with Crippen molar-refractivity contribution in [1.29, 1.82) is 0 Å². The van der Waals surface area contributed by atoms with Crippen LogP contribution >= 0.6 is 0 Å². The monoisotopic (exact) mass is 426 g/mol. The first-order valence-electron chi connectivity index (χ1n) is 10.5. The van der Waals surface area contributed by atoms with Gasteiger partial charge in [-0.25, -0.2) is 4.98 Å². The van der Waals surface area contributed by atoms with Crippen molar-refractivity contribution in [2.75, 3.05) is 33.3 Å². The number of pyridine rings is 1. The van der Waals surface area contributed by atoms with Crippen molar-refractivity contribution >= 4 is 17.7 Å². The van der Waals surface area contributed by atoms with Crippen LogP contribution in [-0.2, 0) is 4.79 Å². The lowest BCUT2D eigenvalue weighted by Crippen LogP contribution is -2.53.